The largest absolute Gasteiger partial charge is 0.477 e. The van der Waals surface area contributed by atoms with Gasteiger partial charge in [-0.2, -0.15) is 0 Å². The molecule has 2 aliphatic heterocycles. The fraction of sp³-hybridized carbons (Fsp3) is 0.500. The first-order valence-corrected chi connectivity index (χ1v) is 7.43. The van der Waals surface area contributed by atoms with E-state index in [4.69, 9.17) is 4.74 Å². The van der Waals surface area contributed by atoms with Crippen molar-refractivity contribution in [2.45, 2.75) is 11.1 Å². The Kier molecular flexibility index (Phi) is 3.88. The second-order valence-corrected chi connectivity index (χ2v) is 5.56. The number of carbonyl (C=O) groups excluding carboxylic acids is 2. The van der Waals surface area contributed by atoms with Crippen LogP contribution in [0.3, 0.4) is 0 Å². The first kappa shape index (κ1) is 14.4. The van der Waals surface area contributed by atoms with Crippen molar-refractivity contribution >= 4 is 46.0 Å². The quantitative estimate of drug-likeness (QED) is 0.306. The average Bonchev–Trinajstić information content (AvgIpc) is 2.42. The van der Waals surface area contributed by atoms with Gasteiger partial charge in [-0.25, -0.2) is 4.79 Å². The van der Waals surface area contributed by atoms with E-state index in [0.717, 1.165) is 4.90 Å². The number of hydrogen-bond donors (Lipinski definition) is 2. The standard InChI is InChI=1S/C10H11BrN2O5S/c1-18-10(12-4-14)8(17)13-6(7(15)16)5(2-11)3-19-9(10)13/h4,9H,2-3H2,1H3,(H,12,14)(H,15,16)/t9-,10?/m0/s1. The second kappa shape index (κ2) is 5.14. The Hall–Kier alpha value is -1.06. The van der Waals surface area contributed by atoms with E-state index in [0.29, 0.717) is 23.1 Å². The molecule has 1 unspecified atom stereocenters. The maximum Gasteiger partial charge on any atom is 0.352 e. The van der Waals surface area contributed by atoms with Crippen LogP contribution in [0.5, 0.6) is 0 Å². The highest BCUT2D eigenvalue weighted by atomic mass is 79.9. The zero-order chi connectivity index (χ0) is 14.2. The van der Waals surface area contributed by atoms with Crippen molar-refractivity contribution in [3.63, 3.8) is 0 Å². The number of nitrogens with one attached hydrogen (secondary N) is 1. The van der Waals surface area contributed by atoms with Crippen LogP contribution < -0.4 is 5.32 Å². The van der Waals surface area contributed by atoms with Crippen molar-refractivity contribution in [2.75, 3.05) is 18.2 Å². The maximum atomic E-state index is 12.2. The number of carboxylic acids is 1. The first-order chi connectivity index (χ1) is 9.03. The van der Waals surface area contributed by atoms with Gasteiger partial charge in [-0.05, 0) is 5.57 Å². The van der Waals surface area contributed by atoms with Gasteiger partial charge in [-0.15, -0.1) is 11.8 Å². The zero-order valence-corrected chi connectivity index (χ0v) is 12.3. The Bertz CT molecular complexity index is 483. The van der Waals surface area contributed by atoms with Crippen LogP contribution in [-0.2, 0) is 19.1 Å². The number of fused-ring (bicyclic) bond motifs is 1. The van der Waals surface area contributed by atoms with Crippen LogP contribution in [0.25, 0.3) is 0 Å². The highest BCUT2D eigenvalue weighted by Gasteiger charge is 2.65. The number of carbonyl (C=O) groups is 3. The number of β-lactam (4-membered cyclic amide) rings is 1. The van der Waals surface area contributed by atoms with Gasteiger partial charge in [0.2, 0.25) is 6.41 Å². The fourth-order valence-electron chi connectivity index (χ4n) is 2.16. The van der Waals surface area contributed by atoms with Gasteiger partial charge in [0.05, 0.1) is 0 Å². The lowest BCUT2D eigenvalue weighted by Crippen LogP contribution is -2.79. The molecule has 0 aliphatic carbocycles. The Balaban J connectivity index is 2.40. The molecule has 0 radical (unpaired) electrons. The van der Waals surface area contributed by atoms with Crippen LogP contribution in [-0.4, -0.2) is 57.6 Å². The summed E-state index contributed by atoms with van der Waals surface area (Å²) in [6.07, 6.45) is 0.378. The number of amides is 2. The molecule has 0 aromatic heterocycles. The number of rotatable bonds is 5. The van der Waals surface area contributed by atoms with E-state index >= 15 is 0 Å². The van der Waals surface area contributed by atoms with E-state index < -0.39 is 23.0 Å². The molecule has 2 heterocycles. The van der Waals surface area contributed by atoms with Crippen molar-refractivity contribution in [3.05, 3.63) is 11.3 Å². The SMILES string of the molecule is COC1(NC=O)C(=O)N2C(C(=O)O)=C(CBr)CS[C@H]21. The van der Waals surface area contributed by atoms with Gasteiger partial charge >= 0.3 is 5.97 Å². The maximum absolute atomic E-state index is 12.2. The first-order valence-electron chi connectivity index (χ1n) is 5.26. The van der Waals surface area contributed by atoms with Gasteiger partial charge in [0.25, 0.3) is 11.6 Å². The number of ether oxygens (including phenoxy) is 1. The highest BCUT2D eigenvalue weighted by Crippen LogP contribution is 2.46. The minimum absolute atomic E-state index is 0.0361. The average molecular weight is 351 g/mol. The molecule has 0 spiro atoms. The summed E-state index contributed by atoms with van der Waals surface area (Å²) < 4.78 is 5.11. The van der Waals surface area contributed by atoms with Crippen LogP contribution >= 0.6 is 27.7 Å². The van der Waals surface area contributed by atoms with Gasteiger partial charge in [0.1, 0.15) is 11.1 Å². The van der Waals surface area contributed by atoms with E-state index in [1.165, 1.54) is 18.9 Å². The molecule has 2 N–H and O–H groups in total. The summed E-state index contributed by atoms with van der Waals surface area (Å²) in [4.78, 5) is 35.3. The van der Waals surface area contributed by atoms with Crippen LogP contribution in [0.2, 0.25) is 0 Å². The monoisotopic (exact) mass is 350 g/mol. The van der Waals surface area contributed by atoms with Crippen LogP contribution in [0.1, 0.15) is 0 Å². The molecule has 2 atom stereocenters. The summed E-state index contributed by atoms with van der Waals surface area (Å²) in [6.45, 7) is 0. The van der Waals surface area contributed by atoms with Crippen molar-refractivity contribution in [3.8, 4) is 0 Å². The summed E-state index contributed by atoms with van der Waals surface area (Å²) in [6, 6.07) is 0. The number of alkyl halides is 1. The Morgan fingerprint density at radius 2 is 2.47 bits per heavy atom. The summed E-state index contributed by atoms with van der Waals surface area (Å²) in [5.41, 5.74) is -0.880. The lowest BCUT2D eigenvalue weighted by atomic mass is 9.99. The molecule has 1 fully saturated rings. The molecule has 0 saturated carbocycles. The van der Waals surface area contributed by atoms with Gasteiger partial charge in [-0.1, -0.05) is 15.9 Å². The van der Waals surface area contributed by atoms with E-state index in [-0.39, 0.29) is 5.70 Å². The zero-order valence-electron chi connectivity index (χ0n) is 9.88. The van der Waals surface area contributed by atoms with E-state index in [1.807, 2.05) is 0 Å². The molecule has 9 heteroatoms. The summed E-state index contributed by atoms with van der Waals surface area (Å²) in [7, 11) is 1.30. The molecule has 0 aromatic carbocycles. The van der Waals surface area contributed by atoms with Crippen molar-refractivity contribution in [1.29, 1.82) is 0 Å². The lowest BCUT2D eigenvalue weighted by molar-refractivity contribution is -0.190. The molecule has 2 rings (SSSR count). The third-order valence-electron chi connectivity index (χ3n) is 3.07. The highest BCUT2D eigenvalue weighted by molar-refractivity contribution is 9.09. The van der Waals surface area contributed by atoms with E-state index in [1.54, 1.807) is 0 Å². The van der Waals surface area contributed by atoms with Gasteiger partial charge in [0.15, 0.2) is 0 Å². The van der Waals surface area contributed by atoms with Crippen molar-refractivity contribution in [1.82, 2.24) is 10.2 Å². The van der Waals surface area contributed by atoms with Crippen molar-refractivity contribution < 1.29 is 24.2 Å². The molecule has 0 bridgehead atoms. The lowest BCUT2D eigenvalue weighted by Gasteiger charge is -2.55. The number of methoxy groups -OCH3 is 1. The number of thioether (sulfide) groups is 1. The molecule has 7 nitrogen and oxygen atoms in total. The predicted molar refractivity (Wildman–Crippen MR) is 70.5 cm³/mol. The molecule has 104 valence electrons. The van der Waals surface area contributed by atoms with Crippen LogP contribution in [0, 0.1) is 0 Å². The molecule has 0 aromatic rings. The number of nitrogens with zero attached hydrogens (tertiary/aromatic N) is 1. The summed E-state index contributed by atoms with van der Waals surface area (Å²) in [5.74, 6) is -1.29. The topological polar surface area (TPSA) is 95.9 Å². The Morgan fingerprint density at radius 3 is 2.95 bits per heavy atom. The third kappa shape index (κ3) is 1.87. The number of hydrogen-bond acceptors (Lipinski definition) is 5. The van der Waals surface area contributed by atoms with E-state index in [2.05, 4.69) is 21.2 Å². The second-order valence-electron chi connectivity index (χ2n) is 3.93. The molecule has 2 aliphatic rings. The number of carboxylic acid groups (broad SMARTS) is 1. The van der Waals surface area contributed by atoms with Gasteiger partial charge in [0, 0.05) is 18.2 Å². The fourth-order valence-corrected chi connectivity index (χ4v) is 4.33. The van der Waals surface area contributed by atoms with E-state index in [9.17, 15) is 19.5 Å². The minimum atomic E-state index is -1.47. The molecule has 2 amide bonds. The molecule has 19 heavy (non-hydrogen) atoms. The smallest absolute Gasteiger partial charge is 0.352 e. The van der Waals surface area contributed by atoms with Gasteiger partial charge in [-0.3, -0.25) is 14.5 Å². The minimum Gasteiger partial charge on any atom is -0.477 e. The van der Waals surface area contributed by atoms with Gasteiger partial charge < -0.3 is 15.2 Å². The summed E-state index contributed by atoms with van der Waals surface area (Å²) >= 11 is 4.56. The number of aliphatic carboxylic acids is 1. The molecule has 1 saturated heterocycles. The summed E-state index contributed by atoms with van der Waals surface area (Å²) in [5, 5.41) is 11.4. The Morgan fingerprint density at radius 1 is 1.79 bits per heavy atom. The Labute approximate surface area is 121 Å². The number of halogens is 1. The molecular weight excluding hydrogens is 340 g/mol. The van der Waals surface area contributed by atoms with Crippen molar-refractivity contribution in [2.24, 2.45) is 0 Å². The third-order valence-corrected chi connectivity index (χ3v) is 5.12. The molecular formula is C10H11BrN2O5S. The normalized spacial score (nSPS) is 29.7. The predicted octanol–water partition coefficient (Wildman–Crippen LogP) is -0.276. The van der Waals surface area contributed by atoms with Crippen LogP contribution in [0.4, 0.5) is 0 Å². The van der Waals surface area contributed by atoms with Crippen LogP contribution in [0.15, 0.2) is 11.3 Å².